The molecule has 0 radical (unpaired) electrons. The highest BCUT2D eigenvalue weighted by atomic mass is 32.1. The van der Waals surface area contributed by atoms with Crippen molar-refractivity contribution in [2.75, 3.05) is 13.1 Å². The zero-order valence-electron chi connectivity index (χ0n) is 11.2. The third-order valence-corrected chi connectivity index (χ3v) is 2.73. The minimum Gasteiger partial charge on any atom is -0.392 e. The fraction of sp³-hybridized carbons (Fsp3) is 0.429. The summed E-state index contributed by atoms with van der Waals surface area (Å²) in [6.07, 6.45) is 0.888. The zero-order valence-corrected chi connectivity index (χ0v) is 12.0. The maximum atomic E-state index is 12.4. The summed E-state index contributed by atoms with van der Waals surface area (Å²) in [5.74, 6) is -0.00329. The van der Waals surface area contributed by atoms with E-state index in [4.69, 9.17) is 18.0 Å². The second-order valence-electron chi connectivity index (χ2n) is 4.57. The van der Waals surface area contributed by atoms with Gasteiger partial charge in [-0.1, -0.05) is 36.3 Å². The molecule has 98 valence electrons. The molecule has 4 heteroatoms. The Morgan fingerprint density at radius 1 is 1.28 bits per heavy atom. The lowest BCUT2D eigenvalue weighted by molar-refractivity contribution is 0.0780. The molecule has 0 aliphatic carbocycles. The first-order chi connectivity index (χ1) is 8.43. The average Bonchev–Trinajstić information content (AvgIpc) is 2.25. The Labute approximate surface area is 114 Å². The summed E-state index contributed by atoms with van der Waals surface area (Å²) in [6.45, 7) is 7.02. The van der Waals surface area contributed by atoms with Crippen LogP contribution in [0.15, 0.2) is 18.2 Å². The number of nitrogens with zero attached hydrogens (tertiary/aromatic N) is 1. The van der Waals surface area contributed by atoms with Gasteiger partial charge >= 0.3 is 0 Å². The van der Waals surface area contributed by atoms with Crippen LogP contribution in [-0.2, 0) is 0 Å². The topological polar surface area (TPSA) is 46.3 Å². The van der Waals surface area contributed by atoms with E-state index in [1.807, 2.05) is 32.9 Å². The quantitative estimate of drug-likeness (QED) is 0.831. The number of rotatable bonds is 5. The molecule has 1 aromatic rings. The number of amides is 1. The van der Waals surface area contributed by atoms with E-state index in [1.165, 1.54) is 0 Å². The van der Waals surface area contributed by atoms with Crippen LogP contribution in [0, 0.1) is 13.8 Å². The summed E-state index contributed by atoms with van der Waals surface area (Å²) < 4.78 is 0. The standard InChI is InChI=1S/C14H20N2OS/c1-4-5-16(9-13(15)18)14(17)12-7-10(2)6-11(3)8-12/h6-8H,4-5,9H2,1-3H3,(H2,15,18). The molecule has 2 N–H and O–H groups in total. The lowest BCUT2D eigenvalue weighted by Gasteiger charge is -2.21. The van der Waals surface area contributed by atoms with Crippen LogP contribution < -0.4 is 5.73 Å². The number of thiocarbonyl (C=S) groups is 1. The molecule has 1 rings (SSSR count). The Hall–Kier alpha value is -1.42. The molecule has 0 heterocycles. The van der Waals surface area contributed by atoms with Gasteiger partial charge in [-0.25, -0.2) is 0 Å². The van der Waals surface area contributed by atoms with E-state index in [0.717, 1.165) is 17.5 Å². The van der Waals surface area contributed by atoms with E-state index in [0.29, 0.717) is 23.6 Å². The van der Waals surface area contributed by atoms with Gasteiger partial charge in [-0.3, -0.25) is 4.79 Å². The van der Waals surface area contributed by atoms with Crippen LogP contribution in [0.2, 0.25) is 0 Å². The van der Waals surface area contributed by atoms with Gasteiger partial charge < -0.3 is 10.6 Å². The van der Waals surface area contributed by atoms with E-state index >= 15 is 0 Å². The number of nitrogens with two attached hydrogens (primary N) is 1. The minimum atomic E-state index is -0.00329. The first kappa shape index (κ1) is 14.6. The van der Waals surface area contributed by atoms with Gasteiger partial charge in [-0.2, -0.15) is 0 Å². The molecule has 0 aromatic heterocycles. The number of hydrogen-bond acceptors (Lipinski definition) is 2. The van der Waals surface area contributed by atoms with Crippen LogP contribution in [0.3, 0.4) is 0 Å². The second kappa shape index (κ2) is 6.50. The first-order valence-electron chi connectivity index (χ1n) is 6.10. The number of hydrogen-bond donors (Lipinski definition) is 1. The van der Waals surface area contributed by atoms with Crippen molar-refractivity contribution in [3.8, 4) is 0 Å². The fourth-order valence-corrected chi connectivity index (χ4v) is 2.15. The largest absolute Gasteiger partial charge is 0.392 e. The van der Waals surface area contributed by atoms with Crippen molar-refractivity contribution in [1.29, 1.82) is 0 Å². The summed E-state index contributed by atoms with van der Waals surface area (Å²) in [4.78, 5) is 14.4. The van der Waals surface area contributed by atoms with E-state index in [9.17, 15) is 4.79 Å². The maximum Gasteiger partial charge on any atom is 0.254 e. The Morgan fingerprint density at radius 3 is 2.28 bits per heavy atom. The zero-order chi connectivity index (χ0) is 13.7. The summed E-state index contributed by atoms with van der Waals surface area (Å²) in [5, 5.41) is 0. The monoisotopic (exact) mass is 264 g/mol. The third kappa shape index (κ3) is 4.11. The van der Waals surface area contributed by atoms with Crippen molar-refractivity contribution in [2.45, 2.75) is 27.2 Å². The Bertz CT molecular complexity index is 437. The van der Waals surface area contributed by atoms with E-state index < -0.39 is 0 Å². The van der Waals surface area contributed by atoms with E-state index in [-0.39, 0.29) is 5.91 Å². The lowest BCUT2D eigenvalue weighted by atomic mass is 10.1. The first-order valence-corrected chi connectivity index (χ1v) is 6.50. The van der Waals surface area contributed by atoms with Crippen LogP contribution in [0.5, 0.6) is 0 Å². The van der Waals surface area contributed by atoms with E-state index in [1.54, 1.807) is 4.90 Å². The molecule has 0 aliphatic heterocycles. The average molecular weight is 264 g/mol. The highest BCUT2D eigenvalue weighted by Gasteiger charge is 2.16. The van der Waals surface area contributed by atoms with Gasteiger partial charge in [0.25, 0.3) is 5.91 Å². The smallest absolute Gasteiger partial charge is 0.254 e. The SMILES string of the molecule is CCCN(CC(N)=S)C(=O)c1cc(C)cc(C)c1. The normalized spacial score (nSPS) is 10.2. The predicted molar refractivity (Wildman–Crippen MR) is 78.9 cm³/mol. The number of carbonyl (C=O) groups excluding carboxylic acids is 1. The predicted octanol–water partition coefficient (Wildman–Crippen LogP) is 2.44. The van der Waals surface area contributed by atoms with Crippen molar-refractivity contribution >= 4 is 23.1 Å². The number of benzene rings is 1. The van der Waals surface area contributed by atoms with Gasteiger partial charge in [-0.15, -0.1) is 0 Å². The molecular weight excluding hydrogens is 244 g/mol. The molecule has 0 aliphatic rings. The molecule has 0 saturated heterocycles. The van der Waals surface area contributed by atoms with Gasteiger partial charge in [0.2, 0.25) is 0 Å². The van der Waals surface area contributed by atoms with Crippen LogP contribution in [0.4, 0.5) is 0 Å². The minimum absolute atomic E-state index is 0.00329. The molecule has 1 aromatic carbocycles. The second-order valence-corrected chi connectivity index (χ2v) is 5.09. The van der Waals surface area contributed by atoms with Gasteiger partial charge in [0.15, 0.2) is 0 Å². The molecule has 18 heavy (non-hydrogen) atoms. The van der Waals surface area contributed by atoms with Crippen molar-refractivity contribution < 1.29 is 4.79 Å². The summed E-state index contributed by atoms with van der Waals surface area (Å²) in [6, 6.07) is 5.85. The summed E-state index contributed by atoms with van der Waals surface area (Å²) in [5.41, 5.74) is 8.42. The van der Waals surface area contributed by atoms with Gasteiger partial charge in [0, 0.05) is 12.1 Å². The van der Waals surface area contributed by atoms with Crippen LogP contribution in [0.25, 0.3) is 0 Å². The lowest BCUT2D eigenvalue weighted by Crippen LogP contribution is -2.38. The fourth-order valence-electron chi connectivity index (χ4n) is 1.99. The summed E-state index contributed by atoms with van der Waals surface area (Å²) >= 11 is 4.89. The Morgan fingerprint density at radius 2 is 1.83 bits per heavy atom. The third-order valence-electron chi connectivity index (χ3n) is 2.60. The van der Waals surface area contributed by atoms with Gasteiger partial charge in [0.05, 0.1) is 11.5 Å². The molecule has 0 spiro atoms. The molecule has 0 saturated carbocycles. The van der Waals surface area contributed by atoms with Crippen LogP contribution in [-0.4, -0.2) is 28.9 Å². The van der Waals surface area contributed by atoms with Crippen molar-refractivity contribution in [2.24, 2.45) is 5.73 Å². The molecule has 0 unspecified atom stereocenters. The van der Waals surface area contributed by atoms with Crippen LogP contribution in [0.1, 0.15) is 34.8 Å². The van der Waals surface area contributed by atoms with Crippen molar-refractivity contribution in [1.82, 2.24) is 4.90 Å². The van der Waals surface area contributed by atoms with Crippen molar-refractivity contribution in [3.63, 3.8) is 0 Å². The van der Waals surface area contributed by atoms with Gasteiger partial charge in [-0.05, 0) is 32.4 Å². The molecule has 0 bridgehead atoms. The van der Waals surface area contributed by atoms with Crippen molar-refractivity contribution in [3.05, 3.63) is 34.9 Å². The molecule has 1 amide bonds. The molecular formula is C14H20N2OS. The van der Waals surface area contributed by atoms with E-state index in [2.05, 4.69) is 6.07 Å². The van der Waals surface area contributed by atoms with Gasteiger partial charge in [0.1, 0.15) is 0 Å². The highest BCUT2D eigenvalue weighted by molar-refractivity contribution is 7.80. The molecule has 3 nitrogen and oxygen atoms in total. The summed E-state index contributed by atoms with van der Waals surface area (Å²) in [7, 11) is 0. The molecule has 0 fully saturated rings. The number of carbonyl (C=O) groups is 1. The Balaban J connectivity index is 2.97. The van der Waals surface area contributed by atoms with Crippen LogP contribution >= 0.6 is 12.2 Å². The Kier molecular flexibility index (Phi) is 5.28. The highest BCUT2D eigenvalue weighted by Crippen LogP contribution is 2.12. The molecule has 0 atom stereocenters. The number of aryl methyl sites for hydroxylation is 2. The maximum absolute atomic E-state index is 12.4.